The van der Waals surface area contributed by atoms with Crippen molar-refractivity contribution in [2.24, 2.45) is 0 Å². The van der Waals surface area contributed by atoms with Crippen molar-refractivity contribution < 1.29 is 1.43 Å². The van der Waals surface area contributed by atoms with E-state index in [1.54, 1.807) is 0 Å². The molecule has 0 saturated carbocycles. The minimum atomic E-state index is 0. The summed E-state index contributed by atoms with van der Waals surface area (Å²) in [6.45, 7) is 8.14. The molecule has 1 nitrogen and oxygen atoms in total. The van der Waals surface area contributed by atoms with E-state index in [9.17, 15) is 0 Å². The van der Waals surface area contributed by atoms with Crippen molar-refractivity contribution in [3.05, 3.63) is 23.9 Å². The highest BCUT2D eigenvalue weighted by Gasteiger charge is 1.78. The lowest BCUT2D eigenvalue weighted by atomic mass is 10.3. The van der Waals surface area contributed by atoms with Crippen LogP contribution in [0.1, 0.15) is 35.5 Å². The van der Waals surface area contributed by atoms with Gasteiger partial charge in [0.1, 0.15) is 0 Å². The third kappa shape index (κ3) is 9.28. The number of likely N-dealkylation sites (N-methyl/N-ethyl adjacent to an activating group) is 1. The van der Waals surface area contributed by atoms with Crippen LogP contribution in [0.25, 0.3) is 0 Å². The molecule has 0 aliphatic heterocycles. The number of nitrogens with one attached hydrogen (secondary N) is 1. The summed E-state index contributed by atoms with van der Waals surface area (Å²) >= 11 is 0. The van der Waals surface area contributed by atoms with E-state index in [0.717, 1.165) is 6.42 Å². The van der Waals surface area contributed by atoms with Gasteiger partial charge in [-0.05, 0) is 19.4 Å². The minimum absolute atomic E-state index is 0. The molecule has 0 radical (unpaired) electrons. The van der Waals surface area contributed by atoms with Gasteiger partial charge in [0.15, 0.2) is 0 Å². The number of hydrogen-bond donors (Lipinski definition) is 1. The van der Waals surface area contributed by atoms with Gasteiger partial charge < -0.3 is 5.32 Å². The van der Waals surface area contributed by atoms with Gasteiger partial charge >= 0.3 is 0 Å². The van der Waals surface area contributed by atoms with Gasteiger partial charge in [0, 0.05) is 14.2 Å². The fraction of sp³-hybridized carbons (Fsp3) is 0.600. The third-order valence-corrected chi connectivity index (χ3v) is 1.13. The molecular formula is C10H23N. The van der Waals surface area contributed by atoms with Gasteiger partial charge in [0.25, 0.3) is 0 Å². The molecule has 0 amide bonds. The molecule has 0 rings (SSSR count). The Labute approximate surface area is 72.7 Å². The van der Waals surface area contributed by atoms with Crippen LogP contribution in [0.2, 0.25) is 0 Å². The van der Waals surface area contributed by atoms with E-state index in [-0.39, 0.29) is 1.43 Å². The Hall–Kier alpha value is -0.720. The fourth-order valence-electron chi connectivity index (χ4n) is 0.569. The van der Waals surface area contributed by atoms with Crippen LogP contribution in [-0.2, 0) is 0 Å². The first-order valence-electron chi connectivity index (χ1n) is 4.35. The minimum Gasteiger partial charge on any atom is -0.388 e. The average Bonchev–Trinajstić information content (AvgIpc) is 2.10. The van der Waals surface area contributed by atoms with Crippen LogP contribution in [0.15, 0.2) is 23.9 Å². The van der Waals surface area contributed by atoms with Crippen LogP contribution in [-0.4, -0.2) is 7.05 Å². The van der Waals surface area contributed by atoms with E-state index in [4.69, 9.17) is 0 Å². The van der Waals surface area contributed by atoms with Crippen molar-refractivity contribution in [2.45, 2.75) is 34.1 Å². The average molecular weight is 157 g/mol. The Bertz CT molecular complexity index is 117. The molecule has 0 bridgehead atoms. The number of rotatable bonds is 3. The normalized spacial score (nSPS) is 10.8. The molecule has 0 aliphatic rings. The standard InChI is InChI=1S/C8H15N.C2H6.H2/c1-4-6-7-8(5-2)9-3;1-2;/h5-7,9H,4H2,1-3H3;1-2H3;1H/b7-6-,8-5+;;. The highest BCUT2D eigenvalue weighted by molar-refractivity contribution is 5.14. The SMILES string of the molecule is C/C=C(\C=C/CC)NC.CC.[HH]. The fourth-order valence-corrected chi connectivity index (χ4v) is 0.569. The molecule has 0 heterocycles. The second-order valence-electron chi connectivity index (χ2n) is 1.80. The van der Waals surface area contributed by atoms with Crippen LogP contribution in [0.5, 0.6) is 0 Å². The quantitative estimate of drug-likeness (QED) is 0.619. The molecular weight excluding hydrogens is 134 g/mol. The monoisotopic (exact) mass is 157 g/mol. The first-order chi connectivity index (χ1) is 5.35. The van der Waals surface area contributed by atoms with E-state index in [2.05, 4.69) is 24.4 Å². The molecule has 0 aromatic rings. The van der Waals surface area contributed by atoms with E-state index < -0.39 is 0 Å². The molecule has 68 valence electrons. The van der Waals surface area contributed by atoms with Crippen molar-refractivity contribution in [3.8, 4) is 0 Å². The van der Waals surface area contributed by atoms with Crippen LogP contribution < -0.4 is 5.32 Å². The lowest BCUT2D eigenvalue weighted by Crippen LogP contribution is -2.01. The van der Waals surface area contributed by atoms with Gasteiger partial charge in [-0.2, -0.15) is 0 Å². The zero-order valence-corrected chi connectivity index (χ0v) is 8.44. The largest absolute Gasteiger partial charge is 0.388 e. The summed E-state index contributed by atoms with van der Waals surface area (Å²) in [5, 5.41) is 3.06. The molecule has 0 spiro atoms. The van der Waals surface area contributed by atoms with E-state index >= 15 is 0 Å². The maximum atomic E-state index is 3.06. The Kier molecular flexibility index (Phi) is 14.1. The van der Waals surface area contributed by atoms with E-state index in [0.29, 0.717) is 0 Å². The van der Waals surface area contributed by atoms with Gasteiger partial charge in [-0.1, -0.05) is 32.9 Å². The molecule has 11 heavy (non-hydrogen) atoms. The second kappa shape index (κ2) is 12.0. The van der Waals surface area contributed by atoms with Crippen molar-refractivity contribution in [1.29, 1.82) is 0 Å². The van der Waals surface area contributed by atoms with E-state index in [1.807, 2.05) is 33.9 Å². The van der Waals surface area contributed by atoms with Crippen LogP contribution in [0, 0.1) is 0 Å². The topological polar surface area (TPSA) is 12.0 Å². The maximum Gasteiger partial charge on any atom is 0.0290 e. The molecule has 0 fully saturated rings. The first-order valence-corrected chi connectivity index (χ1v) is 4.35. The highest BCUT2D eigenvalue weighted by atomic mass is 14.8. The van der Waals surface area contributed by atoms with Gasteiger partial charge in [0.05, 0.1) is 0 Å². The van der Waals surface area contributed by atoms with Crippen molar-refractivity contribution >= 4 is 0 Å². The zero-order valence-electron chi connectivity index (χ0n) is 8.44. The molecule has 0 unspecified atom stereocenters. The molecule has 0 aromatic carbocycles. The predicted molar refractivity (Wildman–Crippen MR) is 55.7 cm³/mol. The highest BCUT2D eigenvalue weighted by Crippen LogP contribution is 1.90. The lowest BCUT2D eigenvalue weighted by molar-refractivity contribution is 1.02. The Morgan fingerprint density at radius 1 is 1.45 bits per heavy atom. The Balaban J connectivity index is -0.000000249. The number of hydrogen-bond acceptors (Lipinski definition) is 1. The van der Waals surface area contributed by atoms with E-state index in [1.165, 1.54) is 5.70 Å². The van der Waals surface area contributed by atoms with Crippen LogP contribution >= 0.6 is 0 Å². The summed E-state index contributed by atoms with van der Waals surface area (Å²) in [5.74, 6) is 0. The summed E-state index contributed by atoms with van der Waals surface area (Å²) in [4.78, 5) is 0. The third-order valence-electron chi connectivity index (χ3n) is 1.13. The van der Waals surface area contributed by atoms with Crippen molar-refractivity contribution in [3.63, 3.8) is 0 Å². The van der Waals surface area contributed by atoms with Gasteiger partial charge in [-0.25, -0.2) is 0 Å². The molecule has 0 atom stereocenters. The van der Waals surface area contributed by atoms with Crippen LogP contribution in [0.3, 0.4) is 0 Å². The smallest absolute Gasteiger partial charge is 0.0290 e. The summed E-state index contributed by atoms with van der Waals surface area (Å²) in [5.41, 5.74) is 1.18. The maximum absolute atomic E-state index is 3.06. The van der Waals surface area contributed by atoms with Gasteiger partial charge in [-0.3, -0.25) is 0 Å². The van der Waals surface area contributed by atoms with Crippen molar-refractivity contribution in [2.75, 3.05) is 7.05 Å². The predicted octanol–water partition coefficient (Wildman–Crippen LogP) is 3.35. The summed E-state index contributed by atoms with van der Waals surface area (Å²) in [6, 6.07) is 0. The van der Waals surface area contributed by atoms with Gasteiger partial charge in [-0.15, -0.1) is 0 Å². The Morgan fingerprint density at radius 2 is 2.00 bits per heavy atom. The molecule has 0 saturated heterocycles. The van der Waals surface area contributed by atoms with Crippen LogP contribution in [0.4, 0.5) is 0 Å². The summed E-state index contributed by atoms with van der Waals surface area (Å²) in [6.07, 6.45) is 7.36. The number of allylic oxidation sites excluding steroid dienone is 3. The molecule has 0 aromatic heterocycles. The molecule has 1 N–H and O–H groups in total. The first kappa shape index (κ1) is 12.9. The Morgan fingerprint density at radius 3 is 2.27 bits per heavy atom. The van der Waals surface area contributed by atoms with Crippen molar-refractivity contribution in [1.82, 2.24) is 5.32 Å². The summed E-state index contributed by atoms with van der Waals surface area (Å²) < 4.78 is 0. The van der Waals surface area contributed by atoms with Gasteiger partial charge in [0.2, 0.25) is 0 Å². The zero-order chi connectivity index (χ0) is 9.11. The molecule has 0 aliphatic carbocycles. The second-order valence-corrected chi connectivity index (χ2v) is 1.80. The lowest BCUT2D eigenvalue weighted by Gasteiger charge is -1.96. The summed E-state index contributed by atoms with van der Waals surface area (Å²) in [7, 11) is 1.93. The molecule has 1 heteroatoms.